The third kappa shape index (κ3) is 8.91. The van der Waals surface area contributed by atoms with E-state index in [2.05, 4.69) is 22.5 Å². The fourth-order valence-corrected chi connectivity index (χ4v) is 4.81. The molecule has 2 heterocycles. The molecule has 1 aliphatic rings. The van der Waals surface area contributed by atoms with Crippen molar-refractivity contribution in [1.82, 2.24) is 15.6 Å². The van der Waals surface area contributed by atoms with Gasteiger partial charge in [0.1, 0.15) is 5.52 Å². The summed E-state index contributed by atoms with van der Waals surface area (Å²) in [4.78, 5) is 30.8. The topological polar surface area (TPSA) is 106 Å². The summed E-state index contributed by atoms with van der Waals surface area (Å²) in [6, 6.07) is 5.07. The number of esters is 1. The van der Waals surface area contributed by atoms with E-state index in [1.165, 1.54) is 64.9 Å². The molecular weight excluding hydrogens is 472 g/mol. The Labute approximate surface area is 220 Å². The van der Waals surface area contributed by atoms with Gasteiger partial charge in [0.05, 0.1) is 31.4 Å². The van der Waals surface area contributed by atoms with Gasteiger partial charge in [-0.1, -0.05) is 71.1 Å². The average molecular weight is 517 g/mol. The lowest BCUT2D eigenvalue weighted by Gasteiger charge is -2.18. The van der Waals surface area contributed by atoms with E-state index >= 15 is 0 Å². The van der Waals surface area contributed by atoms with Crippen LogP contribution in [0.3, 0.4) is 0 Å². The molecule has 0 unspecified atom stereocenters. The number of hydrogen-bond acceptors (Lipinski definition) is 7. The maximum absolute atomic E-state index is 12.5. The third-order valence-corrected chi connectivity index (χ3v) is 7.02. The van der Waals surface area contributed by atoms with Gasteiger partial charge in [-0.15, -0.1) is 0 Å². The zero-order valence-electron chi connectivity index (χ0n) is 22.7. The molecule has 0 spiro atoms. The van der Waals surface area contributed by atoms with Gasteiger partial charge in [-0.05, 0) is 24.6 Å². The van der Waals surface area contributed by atoms with Crippen LogP contribution in [-0.4, -0.2) is 63.0 Å². The highest BCUT2D eigenvalue weighted by molar-refractivity contribution is 5.93. The standard InChI is InChI=1S/C28H44N4O5/c1-4-5-6-7-8-9-10-11-12-13-14-17-29-27(34)30-23-19-32(20-25(23)35-2)28-31-22-18-21(26(33)36-3)15-16-24(22)37-28/h15-16,18,23,25H,4-14,17,19-20H2,1-3H3,(H2,29,30,34)/t23-,25-/m0/s1. The predicted molar refractivity (Wildman–Crippen MR) is 145 cm³/mol. The van der Waals surface area contributed by atoms with Gasteiger partial charge in [-0.3, -0.25) is 0 Å². The Hall–Kier alpha value is -2.81. The Balaban J connectivity index is 1.35. The summed E-state index contributed by atoms with van der Waals surface area (Å²) in [6.45, 7) is 3.98. The van der Waals surface area contributed by atoms with Crippen LogP contribution < -0.4 is 15.5 Å². The Morgan fingerprint density at radius 3 is 2.32 bits per heavy atom. The SMILES string of the molecule is CCCCCCCCCCCCCNC(=O)N[C@H]1CN(c2nc3cc(C(=O)OC)ccc3o2)C[C@@H]1OC. The number of ether oxygens (including phenoxy) is 2. The van der Waals surface area contributed by atoms with Gasteiger partial charge in [0.2, 0.25) is 0 Å². The van der Waals surface area contributed by atoms with Crippen LogP contribution in [0.25, 0.3) is 11.1 Å². The number of nitrogens with zero attached hydrogens (tertiary/aromatic N) is 2. The summed E-state index contributed by atoms with van der Waals surface area (Å²) in [5.74, 6) is -0.421. The van der Waals surface area contributed by atoms with Gasteiger partial charge in [0.15, 0.2) is 5.58 Å². The van der Waals surface area contributed by atoms with E-state index in [4.69, 9.17) is 13.9 Å². The first kappa shape index (κ1) is 28.8. The number of rotatable bonds is 16. The Morgan fingerprint density at radius 2 is 1.68 bits per heavy atom. The molecule has 1 saturated heterocycles. The molecule has 37 heavy (non-hydrogen) atoms. The molecule has 1 fully saturated rings. The molecule has 206 valence electrons. The van der Waals surface area contributed by atoms with Gasteiger partial charge in [-0.25, -0.2) is 9.59 Å². The molecule has 1 aliphatic heterocycles. The third-order valence-electron chi connectivity index (χ3n) is 7.02. The second-order valence-electron chi connectivity index (χ2n) is 9.89. The van der Waals surface area contributed by atoms with Crippen LogP contribution in [0.2, 0.25) is 0 Å². The van der Waals surface area contributed by atoms with Gasteiger partial charge in [0, 0.05) is 20.2 Å². The number of unbranched alkanes of at least 4 members (excludes halogenated alkanes) is 10. The van der Waals surface area contributed by atoms with E-state index in [0.29, 0.717) is 42.3 Å². The second-order valence-corrected chi connectivity index (χ2v) is 9.89. The maximum atomic E-state index is 12.5. The maximum Gasteiger partial charge on any atom is 0.337 e. The minimum absolute atomic E-state index is 0.179. The number of urea groups is 1. The average Bonchev–Trinajstić information content (AvgIpc) is 3.52. The first-order valence-electron chi connectivity index (χ1n) is 13.9. The number of methoxy groups -OCH3 is 2. The molecule has 2 N–H and O–H groups in total. The number of hydrogen-bond donors (Lipinski definition) is 2. The number of carbonyl (C=O) groups excluding carboxylic acids is 2. The molecule has 3 rings (SSSR count). The van der Waals surface area contributed by atoms with E-state index in [1.54, 1.807) is 25.3 Å². The van der Waals surface area contributed by atoms with E-state index in [9.17, 15) is 9.59 Å². The van der Waals surface area contributed by atoms with Crippen molar-refractivity contribution in [1.29, 1.82) is 0 Å². The lowest BCUT2D eigenvalue weighted by molar-refractivity contribution is 0.0601. The first-order chi connectivity index (χ1) is 18.0. The predicted octanol–water partition coefficient (Wildman–Crippen LogP) is 5.43. The number of fused-ring (bicyclic) bond motifs is 1. The quantitative estimate of drug-likeness (QED) is 0.226. The summed E-state index contributed by atoms with van der Waals surface area (Å²) in [5.41, 5.74) is 1.57. The summed E-state index contributed by atoms with van der Waals surface area (Å²) >= 11 is 0. The summed E-state index contributed by atoms with van der Waals surface area (Å²) in [6.07, 6.45) is 13.9. The molecule has 2 aromatic rings. The van der Waals surface area contributed by atoms with E-state index in [0.717, 1.165) is 12.8 Å². The molecule has 0 saturated carbocycles. The molecule has 2 amide bonds. The van der Waals surface area contributed by atoms with Crippen LogP contribution >= 0.6 is 0 Å². The highest BCUT2D eigenvalue weighted by Gasteiger charge is 2.36. The number of aromatic nitrogens is 1. The van der Waals surface area contributed by atoms with Gasteiger partial charge < -0.3 is 29.4 Å². The molecule has 1 aromatic heterocycles. The smallest absolute Gasteiger partial charge is 0.337 e. The number of oxazole rings is 1. The molecule has 9 nitrogen and oxygen atoms in total. The van der Waals surface area contributed by atoms with Crippen molar-refractivity contribution in [3.05, 3.63) is 23.8 Å². The van der Waals surface area contributed by atoms with Crippen LogP contribution in [0.4, 0.5) is 10.8 Å². The number of benzene rings is 1. The Morgan fingerprint density at radius 1 is 1.00 bits per heavy atom. The monoisotopic (exact) mass is 516 g/mol. The highest BCUT2D eigenvalue weighted by Crippen LogP contribution is 2.27. The van der Waals surface area contributed by atoms with Crippen molar-refractivity contribution >= 4 is 29.1 Å². The highest BCUT2D eigenvalue weighted by atomic mass is 16.5. The van der Waals surface area contributed by atoms with Crippen molar-refractivity contribution in [3.8, 4) is 0 Å². The molecular formula is C28H44N4O5. The van der Waals surface area contributed by atoms with E-state index in [1.807, 2.05) is 4.90 Å². The van der Waals surface area contributed by atoms with Crippen molar-refractivity contribution in [2.75, 3.05) is 38.8 Å². The number of nitrogens with one attached hydrogen (secondary N) is 2. The zero-order valence-corrected chi connectivity index (χ0v) is 22.7. The number of amides is 2. The molecule has 9 heteroatoms. The summed E-state index contributed by atoms with van der Waals surface area (Å²) in [5, 5.41) is 6.01. The van der Waals surface area contributed by atoms with E-state index in [-0.39, 0.29) is 18.2 Å². The second kappa shape index (κ2) is 15.4. The number of anilines is 1. The van der Waals surface area contributed by atoms with Crippen LogP contribution in [0.1, 0.15) is 87.9 Å². The van der Waals surface area contributed by atoms with Crippen LogP contribution in [0.5, 0.6) is 0 Å². The van der Waals surface area contributed by atoms with Crippen molar-refractivity contribution in [2.45, 2.75) is 89.7 Å². The minimum Gasteiger partial charge on any atom is -0.465 e. The first-order valence-corrected chi connectivity index (χ1v) is 13.9. The molecule has 0 aliphatic carbocycles. The summed E-state index contributed by atoms with van der Waals surface area (Å²) < 4.78 is 16.3. The normalized spacial score (nSPS) is 17.3. The van der Waals surface area contributed by atoms with Crippen LogP contribution in [-0.2, 0) is 9.47 Å². The minimum atomic E-state index is -0.421. The zero-order chi connectivity index (χ0) is 26.5. The van der Waals surface area contributed by atoms with Crippen LogP contribution in [0.15, 0.2) is 22.6 Å². The Bertz CT molecular complexity index is 979. The fraction of sp³-hybridized carbons (Fsp3) is 0.679. The van der Waals surface area contributed by atoms with E-state index < -0.39 is 5.97 Å². The lowest BCUT2D eigenvalue weighted by Crippen LogP contribution is -2.48. The molecule has 0 radical (unpaired) electrons. The Kier molecular flexibility index (Phi) is 12.0. The van der Waals surface area contributed by atoms with Gasteiger partial charge in [0.25, 0.3) is 6.01 Å². The molecule has 1 aromatic carbocycles. The molecule has 0 bridgehead atoms. The van der Waals surface area contributed by atoms with Gasteiger partial charge in [-0.2, -0.15) is 4.98 Å². The fourth-order valence-electron chi connectivity index (χ4n) is 4.81. The molecule has 2 atom stereocenters. The lowest BCUT2D eigenvalue weighted by atomic mass is 10.1. The van der Waals surface area contributed by atoms with Crippen molar-refractivity contribution in [3.63, 3.8) is 0 Å². The van der Waals surface area contributed by atoms with Crippen LogP contribution in [0, 0.1) is 0 Å². The van der Waals surface area contributed by atoms with Gasteiger partial charge >= 0.3 is 12.0 Å². The van der Waals surface area contributed by atoms with Crippen molar-refractivity contribution in [2.24, 2.45) is 0 Å². The largest absolute Gasteiger partial charge is 0.465 e. The summed E-state index contributed by atoms with van der Waals surface area (Å²) in [7, 11) is 2.98. The number of carbonyl (C=O) groups is 2. The van der Waals surface area contributed by atoms with Crippen molar-refractivity contribution < 1.29 is 23.5 Å².